The Hall–Kier alpha value is -1.10. The van der Waals surface area contributed by atoms with Crippen LogP contribution in [0.5, 0.6) is 0 Å². The maximum Gasteiger partial charge on any atom is 0.310 e. The molecule has 1 unspecified atom stereocenters. The average molecular weight is 215 g/mol. The highest BCUT2D eigenvalue weighted by Crippen LogP contribution is 2.20. The second-order valence-corrected chi connectivity index (χ2v) is 4.51. The summed E-state index contributed by atoms with van der Waals surface area (Å²) in [6, 6.07) is 0. The summed E-state index contributed by atoms with van der Waals surface area (Å²) in [4.78, 5) is 24.2. The Bertz CT molecular complexity index is 269. The summed E-state index contributed by atoms with van der Waals surface area (Å²) < 4.78 is 4.58. The van der Waals surface area contributed by atoms with Gasteiger partial charge in [-0.15, -0.1) is 0 Å². The summed E-state index contributed by atoms with van der Waals surface area (Å²) in [5.74, 6) is -0.848. The minimum Gasteiger partial charge on any atom is -0.469 e. The van der Waals surface area contributed by atoms with Crippen LogP contribution in [0.1, 0.15) is 20.3 Å². The van der Waals surface area contributed by atoms with Crippen molar-refractivity contribution in [3.8, 4) is 0 Å². The van der Waals surface area contributed by atoms with Gasteiger partial charge in [0.2, 0.25) is 5.91 Å². The Morgan fingerprint density at radius 2 is 2.27 bits per heavy atom. The van der Waals surface area contributed by atoms with Gasteiger partial charge in [-0.1, -0.05) is 0 Å². The topological polar surface area (TPSA) is 66.8 Å². The lowest BCUT2D eigenvalue weighted by Gasteiger charge is -2.25. The van der Waals surface area contributed by atoms with E-state index in [1.807, 2.05) is 0 Å². The molecule has 0 aliphatic carbocycles. The molecule has 1 atom stereocenters. The van der Waals surface area contributed by atoms with Gasteiger partial charge in [0.1, 0.15) is 0 Å². The van der Waals surface area contributed by atoms with Gasteiger partial charge in [0.15, 0.2) is 0 Å². The van der Waals surface area contributed by atoms with Crippen LogP contribution in [-0.4, -0.2) is 47.7 Å². The first-order chi connectivity index (χ1) is 6.83. The van der Waals surface area contributed by atoms with Gasteiger partial charge in [0.25, 0.3) is 0 Å². The maximum absolute atomic E-state index is 11.5. The van der Waals surface area contributed by atoms with Crippen molar-refractivity contribution >= 4 is 11.9 Å². The Kier molecular flexibility index (Phi) is 3.34. The van der Waals surface area contributed by atoms with Gasteiger partial charge in [0.05, 0.1) is 18.6 Å². The van der Waals surface area contributed by atoms with Crippen molar-refractivity contribution < 1.29 is 19.4 Å². The van der Waals surface area contributed by atoms with E-state index in [4.69, 9.17) is 0 Å². The fraction of sp³-hybridized carbons (Fsp3) is 0.800. The Morgan fingerprint density at radius 1 is 1.67 bits per heavy atom. The van der Waals surface area contributed by atoms with Crippen LogP contribution in [0, 0.1) is 5.92 Å². The molecule has 1 aliphatic heterocycles. The third kappa shape index (κ3) is 3.20. The molecule has 15 heavy (non-hydrogen) atoms. The van der Waals surface area contributed by atoms with Crippen LogP contribution >= 0.6 is 0 Å². The number of ether oxygens (including phenoxy) is 1. The van der Waals surface area contributed by atoms with Crippen molar-refractivity contribution in [3.63, 3.8) is 0 Å². The number of nitrogens with zero attached hydrogens (tertiary/aromatic N) is 1. The SMILES string of the molecule is COC(=O)C1CC(=O)N(CC(C)(C)O)C1. The molecule has 1 rings (SSSR count). The smallest absolute Gasteiger partial charge is 0.310 e. The number of rotatable bonds is 3. The van der Waals surface area contributed by atoms with Gasteiger partial charge < -0.3 is 14.7 Å². The Balaban J connectivity index is 2.57. The maximum atomic E-state index is 11.5. The van der Waals surface area contributed by atoms with Gasteiger partial charge >= 0.3 is 5.97 Å². The van der Waals surface area contributed by atoms with Gasteiger partial charge in [-0.2, -0.15) is 0 Å². The lowest BCUT2D eigenvalue weighted by atomic mass is 10.1. The van der Waals surface area contributed by atoms with E-state index in [0.29, 0.717) is 6.54 Å². The largest absolute Gasteiger partial charge is 0.469 e. The standard InChI is InChI=1S/C10H17NO4/c1-10(2,14)6-11-5-7(4-8(11)12)9(13)15-3/h7,14H,4-6H2,1-3H3. The minimum atomic E-state index is -0.930. The number of hydrogen-bond acceptors (Lipinski definition) is 4. The lowest BCUT2D eigenvalue weighted by molar-refractivity contribution is -0.145. The number of esters is 1. The highest BCUT2D eigenvalue weighted by molar-refractivity contribution is 5.86. The minimum absolute atomic E-state index is 0.104. The molecule has 1 saturated heterocycles. The Labute approximate surface area is 89.0 Å². The summed E-state index contributed by atoms with van der Waals surface area (Å²) in [5.41, 5.74) is -0.930. The molecule has 86 valence electrons. The van der Waals surface area contributed by atoms with Crippen LogP contribution in [0.3, 0.4) is 0 Å². The molecule has 0 aromatic rings. The normalized spacial score (nSPS) is 22.0. The number of amides is 1. The zero-order chi connectivity index (χ0) is 11.6. The average Bonchev–Trinajstić information content (AvgIpc) is 2.44. The van der Waals surface area contributed by atoms with E-state index in [9.17, 15) is 14.7 Å². The van der Waals surface area contributed by atoms with Crippen molar-refractivity contribution in [2.24, 2.45) is 5.92 Å². The second-order valence-electron chi connectivity index (χ2n) is 4.51. The first kappa shape index (κ1) is 12.0. The number of methoxy groups -OCH3 is 1. The van der Waals surface area contributed by atoms with E-state index in [1.165, 1.54) is 12.0 Å². The molecular weight excluding hydrogens is 198 g/mol. The third-order valence-corrected chi connectivity index (χ3v) is 2.33. The number of likely N-dealkylation sites (tertiary alicyclic amines) is 1. The molecular formula is C10H17NO4. The Morgan fingerprint density at radius 3 is 2.73 bits per heavy atom. The van der Waals surface area contributed by atoms with Crippen LogP contribution in [-0.2, 0) is 14.3 Å². The lowest BCUT2D eigenvalue weighted by Crippen LogP contribution is -2.39. The first-order valence-electron chi connectivity index (χ1n) is 4.91. The van der Waals surface area contributed by atoms with Crippen LogP contribution in [0.2, 0.25) is 0 Å². The predicted molar refractivity (Wildman–Crippen MR) is 53.0 cm³/mol. The van der Waals surface area contributed by atoms with E-state index in [0.717, 1.165) is 0 Å². The third-order valence-electron chi connectivity index (χ3n) is 2.33. The highest BCUT2D eigenvalue weighted by atomic mass is 16.5. The van der Waals surface area contributed by atoms with Gasteiger partial charge in [0, 0.05) is 19.5 Å². The molecule has 1 amide bonds. The highest BCUT2D eigenvalue weighted by Gasteiger charge is 2.36. The van der Waals surface area contributed by atoms with Crippen molar-refractivity contribution in [2.45, 2.75) is 25.9 Å². The molecule has 0 aromatic carbocycles. The predicted octanol–water partition coefficient (Wildman–Crippen LogP) is -0.221. The summed E-state index contributed by atoms with van der Waals surface area (Å²) >= 11 is 0. The quantitative estimate of drug-likeness (QED) is 0.661. The molecule has 0 aromatic heterocycles. The summed E-state index contributed by atoms with van der Waals surface area (Å²) in [6.45, 7) is 3.85. The summed E-state index contributed by atoms with van der Waals surface area (Å²) in [7, 11) is 1.31. The second kappa shape index (κ2) is 4.18. The van der Waals surface area contributed by atoms with Crippen molar-refractivity contribution in [3.05, 3.63) is 0 Å². The van der Waals surface area contributed by atoms with Crippen LogP contribution < -0.4 is 0 Å². The van der Waals surface area contributed by atoms with Gasteiger partial charge in [-0.3, -0.25) is 9.59 Å². The molecule has 1 fully saturated rings. The van der Waals surface area contributed by atoms with E-state index in [1.54, 1.807) is 13.8 Å². The zero-order valence-corrected chi connectivity index (χ0v) is 9.32. The number of hydrogen-bond donors (Lipinski definition) is 1. The van der Waals surface area contributed by atoms with Crippen molar-refractivity contribution in [1.29, 1.82) is 0 Å². The van der Waals surface area contributed by atoms with E-state index < -0.39 is 5.60 Å². The molecule has 1 heterocycles. The molecule has 0 saturated carbocycles. The monoisotopic (exact) mass is 215 g/mol. The summed E-state index contributed by atoms with van der Waals surface area (Å²) in [6.07, 6.45) is 0.183. The van der Waals surface area contributed by atoms with E-state index >= 15 is 0 Å². The number of aliphatic hydroxyl groups is 1. The molecule has 1 aliphatic rings. The molecule has 0 radical (unpaired) electrons. The fourth-order valence-corrected chi connectivity index (χ4v) is 1.72. The van der Waals surface area contributed by atoms with Crippen LogP contribution in [0.15, 0.2) is 0 Å². The number of carbonyl (C=O) groups excluding carboxylic acids is 2. The molecule has 0 spiro atoms. The number of carbonyl (C=O) groups is 2. The number of β-amino-alcohol motifs (C(OH)–C–C–N with tert-alkyl or cyclic N) is 1. The zero-order valence-electron chi connectivity index (χ0n) is 9.32. The van der Waals surface area contributed by atoms with Crippen LogP contribution in [0.4, 0.5) is 0 Å². The van der Waals surface area contributed by atoms with E-state index in [2.05, 4.69) is 4.74 Å². The van der Waals surface area contributed by atoms with Crippen LogP contribution in [0.25, 0.3) is 0 Å². The van der Waals surface area contributed by atoms with Crippen molar-refractivity contribution in [1.82, 2.24) is 4.90 Å². The van der Waals surface area contributed by atoms with Crippen molar-refractivity contribution in [2.75, 3.05) is 20.2 Å². The van der Waals surface area contributed by atoms with Gasteiger partial charge in [-0.25, -0.2) is 0 Å². The fourth-order valence-electron chi connectivity index (χ4n) is 1.72. The van der Waals surface area contributed by atoms with Gasteiger partial charge in [-0.05, 0) is 13.8 Å². The first-order valence-corrected chi connectivity index (χ1v) is 4.91. The molecule has 0 bridgehead atoms. The van der Waals surface area contributed by atoms with E-state index in [-0.39, 0.29) is 30.8 Å². The molecule has 1 N–H and O–H groups in total. The molecule has 5 nitrogen and oxygen atoms in total. The molecule has 5 heteroatoms. The summed E-state index contributed by atoms with van der Waals surface area (Å²) in [5, 5.41) is 9.57.